The Hall–Kier alpha value is -3.75. The van der Waals surface area contributed by atoms with Gasteiger partial charge in [-0.15, -0.1) is 0 Å². The first kappa shape index (κ1) is 24.0. The molecule has 3 heterocycles. The second-order valence-corrected chi connectivity index (χ2v) is 8.75. The minimum absolute atomic E-state index is 0.200. The summed E-state index contributed by atoms with van der Waals surface area (Å²) in [6, 6.07) is 15.9. The molecular weight excluding hydrogens is 456 g/mol. The molecule has 0 unspecified atom stereocenters. The van der Waals surface area contributed by atoms with Gasteiger partial charge < -0.3 is 24.4 Å². The number of hydrogen-bond donors (Lipinski definition) is 1. The van der Waals surface area contributed by atoms with Crippen LogP contribution in [0.15, 0.2) is 66.9 Å². The van der Waals surface area contributed by atoms with Gasteiger partial charge >= 0.3 is 0 Å². The third-order valence-electron chi connectivity index (χ3n) is 6.11. The van der Waals surface area contributed by atoms with Crippen molar-refractivity contribution >= 4 is 17.5 Å². The quantitative estimate of drug-likeness (QED) is 0.544. The van der Waals surface area contributed by atoms with Gasteiger partial charge in [0, 0.05) is 36.0 Å². The summed E-state index contributed by atoms with van der Waals surface area (Å²) in [7, 11) is 0. The van der Waals surface area contributed by atoms with Gasteiger partial charge in [-0.25, -0.2) is 9.97 Å². The largest absolute Gasteiger partial charge is 0.491 e. The molecule has 0 atom stereocenters. The predicted octanol–water partition coefficient (Wildman–Crippen LogP) is 4.49. The zero-order valence-electron chi connectivity index (χ0n) is 20.2. The van der Waals surface area contributed by atoms with Gasteiger partial charge in [0.05, 0.1) is 38.7 Å². The highest BCUT2D eigenvalue weighted by atomic mass is 16.5. The smallest absolute Gasteiger partial charge is 0.227 e. The van der Waals surface area contributed by atoms with E-state index in [0.717, 1.165) is 46.8 Å². The van der Waals surface area contributed by atoms with Crippen LogP contribution in [0.2, 0.25) is 0 Å². The lowest BCUT2D eigenvalue weighted by molar-refractivity contribution is -0.128. The first-order chi connectivity index (χ1) is 17.7. The van der Waals surface area contributed by atoms with Crippen molar-refractivity contribution in [2.24, 2.45) is 0 Å². The molecule has 2 aliphatic rings. The molecule has 6 bridgehead atoms. The Kier molecular flexibility index (Phi) is 7.85. The highest BCUT2D eigenvalue weighted by Gasteiger charge is 2.19. The third-order valence-corrected chi connectivity index (χ3v) is 6.11. The lowest BCUT2D eigenvalue weighted by Crippen LogP contribution is -2.29. The van der Waals surface area contributed by atoms with E-state index in [1.807, 2.05) is 59.5 Å². The summed E-state index contributed by atoms with van der Waals surface area (Å²) in [5.74, 6) is 1.44. The number of carbonyl (C=O) groups excluding carboxylic acids is 1. The van der Waals surface area contributed by atoms with Crippen LogP contribution in [0.3, 0.4) is 0 Å². The zero-order chi connectivity index (χ0) is 24.6. The molecule has 0 radical (unpaired) electrons. The first-order valence-electron chi connectivity index (χ1n) is 12.3. The maximum absolute atomic E-state index is 11.9. The van der Waals surface area contributed by atoms with Crippen molar-refractivity contribution in [3.05, 3.63) is 78.0 Å². The Morgan fingerprint density at radius 3 is 2.78 bits per heavy atom. The molecule has 186 valence electrons. The van der Waals surface area contributed by atoms with Crippen molar-refractivity contribution in [2.75, 3.05) is 38.2 Å². The van der Waals surface area contributed by atoms with Crippen LogP contribution in [0.1, 0.15) is 24.0 Å². The molecule has 0 aliphatic carbocycles. The standard InChI is InChI=1S/C28H30N4O4/c33-27-7-4-12-32(27)13-16-36-26-9-8-24-18-23(26)20-35-15-2-1-14-34-19-21-5-3-6-22(17-21)25-10-11-29-28(30-24)31-25/h1-3,5-6,8-11,17-18H,4,7,12-16,19-20H2,(H,29,30,31)/b2-1+. The van der Waals surface area contributed by atoms with Gasteiger partial charge in [0.25, 0.3) is 0 Å². The number of nitrogens with zero attached hydrogens (tertiary/aromatic N) is 3. The van der Waals surface area contributed by atoms with E-state index in [0.29, 0.717) is 51.9 Å². The number of amides is 1. The summed E-state index contributed by atoms with van der Waals surface area (Å²) >= 11 is 0. The fraction of sp³-hybridized carbons (Fsp3) is 0.321. The van der Waals surface area contributed by atoms with E-state index in [1.54, 1.807) is 6.20 Å². The van der Waals surface area contributed by atoms with E-state index in [4.69, 9.17) is 19.2 Å². The van der Waals surface area contributed by atoms with Crippen LogP contribution in [0.5, 0.6) is 5.75 Å². The summed E-state index contributed by atoms with van der Waals surface area (Å²) in [4.78, 5) is 22.9. The molecule has 0 saturated carbocycles. The topological polar surface area (TPSA) is 85.8 Å². The monoisotopic (exact) mass is 486 g/mol. The van der Waals surface area contributed by atoms with Crippen LogP contribution in [-0.4, -0.2) is 53.7 Å². The van der Waals surface area contributed by atoms with E-state index in [9.17, 15) is 4.79 Å². The summed E-state index contributed by atoms with van der Waals surface area (Å²) in [6.07, 6.45) is 7.22. The van der Waals surface area contributed by atoms with Crippen molar-refractivity contribution in [1.29, 1.82) is 0 Å². The van der Waals surface area contributed by atoms with Gasteiger partial charge in [0.15, 0.2) is 0 Å². The molecule has 8 heteroatoms. The molecule has 2 aromatic carbocycles. The Bertz CT molecular complexity index is 1230. The minimum atomic E-state index is 0.200. The molecule has 2 aliphatic heterocycles. The summed E-state index contributed by atoms with van der Waals surface area (Å²) < 4.78 is 17.7. The molecule has 5 rings (SSSR count). The number of anilines is 2. The van der Waals surface area contributed by atoms with Crippen LogP contribution in [0.25, 0.3) is 11.3 Å². The number of carbonyl (C=O) groups is 1. The van der Waals surface area contributed by atoms with Gasteiger partial charge in [0.1, 0.15) is 12.4 Å². The average molecular weight is 487 g/mol. The summed E-state index contributed by atoms with van der Waals surface area (Å²) in [6.45, 7) is 3.70. The van der Waals surface area contributed by atoms with Crippen molar-refractivity contribution in [3.63, 3.8) is 0 Å². The number of aromatic nitrogens is 2. The SMILES string of the molecule is O=C1CCCN1CCOc1ccc2cc1COC/C=C/COCc1cccc(c1)-c1ccnc(n1)N2. The molecule has 1 N–H and O–H groups in total. The number of likely N-dealkylation sites (tertiary alicyclic amines) is 1. The second kappa shape index (κ2) is 11.8. The number of nitrogens with one attached hydrogen (secondary N) is 1. The van der Waals surface area contributed by atoms with E-state index < -0.39 is 0 Å². The average Bonchev–Trinajstić information content (AvgIpc) is 3.31. The number of rotatable bonds is 4. The fourth-order valence-corrected chi connectivity index (χ4v) is 4.26. The van der Waals surface area contributed by atoms with Gasteiger partial charge in [-0.3, -0.25) is 4.79 Å². The molecule has 36 heavy (non-hydrogen) atoms. The fourth-order valence-electron chi connectivity index (χ4n) is 4.26. The zero-order valence-corrected chi connectivity index (χ0v) is 20.2. The maximum Gasteiger partial charge on any atom is 0.227 e. The van der Waals surface area contributed by atoms with Crippen LogP contribution < -0.4 is 10.1 Å². The molecule has 3 aromatic rings. The molecule has 0 spiro atoms. The summed E-state index contributed by atoms with van der Waals surface area (Å²) in [5, 5.41) is 3.30. The molecule has 1 fully saturated rings. The van der Waals surface area contributed by atoms with Gasteiger partial charge in [0.2, 0.25) is 11.9 Å². The highest BCUT2D eigenvalue weighted by molar-refractivity contribution is 5.78. The molecular formula is C28H30N4O4. The predicted molar refractivity (Wildman–Crippen MR) is 137 cm³/mol. The van der Waals surface area contributed by atoms with Crippen molar-refractivity contribution in [2.45, 2.75) is 26.1 Å². The Labute approximate surface area is 210 Å². The lowest BCUT2D eigenvalue weighted by Gasteiger charge is -2.18. The number of benzene rings is 2. The Morgan fingerprint density at radius 1 is 1.03 bits per heavy atom. The molecule has 1 amide bonds. The number of ether oxygens (including phenoxy) is 3. The van der Waals surface area contributed by atoms with Gasteiger partial charge in [-0.1, -0.05) is 30.4 Å². The van der Waals surface area contributed by atoms with Crippen molar-refractivity contribution < 1.29 is 19.0 Å². The lowest BCUT2D eigenvalue weighted by atomic mass is 10.1. The van der Waals surface area contributed by atoms with Crippen molar-refractivity contribution in [3.8, 4) is 17.0 Å². The van der Waals surface area contributed by atoms with Crippen LogP contribution in [-0.2, 0) is 27.5 Å². The van der Waals surface area contributed by atoms with Crippen LogP contribution in [0.4, 0.5) is 11.6 Å². The van der Waals surface area contributed by atoms with E-state index in [-0.39, 0.29) is 5.91 Å². The molecule has 1 aromatic heterocycles. The van der Waals surface area contributed by atoms with Crippen LogP contribution >= 0.6 is 0 Å². The normalized spacial score (nSPS) is 17.1. The second-order valence-electron chi connectivity index (χ2n) is 8.75. The first-order valence-corrected chi connectivity index (χ1v) is 12.3. The molecule has 1 saturated heterocycles. The highest BCUT2D eigenvalue weighted by Crippen LogP contribution is 2.27. The number of fused-ring (bicyclic) bond motifs is 7. The van der Waals surface area contributed by atoms with E-state index in [2.05, 4.69) is 16.4 Å². The maximum atomic E-state index is 11.9. The van der Waals surface area contributed by atoms with Crippen molar-refractivity contribution in [1.82, 2.24) is 14.9 Å². The van der Waals surface area contributed by atoms with Crippen LogP contribution in [0, 0.1) is 0 Å². The Balaban J connectivity index is 1.36. The van der Waals surface area contributed by atoms with E-state index in [1.165, 1.54) is 0 Å². The Morgan fingerprint density at radius 2 is 1.92 bits per heavy atom. The minimum Gasteiger partial charge on any atom is -0.491 e. The van der Waals surface area contributed by atoms with Gasteiger partial charge in [-0.05, 0) is 42.3 Å². The summed E-state index contributed by atoms with van der Waals surface area (Å²) in [5.41, 5.74) is 4.66. The van der Waals surface area contributed by atoms with Gasteiger partial charge in [-0.2, -0.15) is 0 Å². The molecule has 8 nitrogen and oxygen atoms in total. The number of hydrogen-bond acceptors (Lipinski definition) is 7. The van der Waals surface area contributed by atoms with E-state index >= 15 is 0 Å². The third kappa shape index (κ3) is 6.27.